The largest absolute Gasteiger partial charge is 0.497 e. The fourth-order valence-corrected chi connectivity index (χ4v) is 4.00. The SMILES string of the molecule is COC(=O)[C@H]1[C@@H](NCc2ccc(OC)cc2)CC(C(F)(F)F)N1CC(=O)OCc1ccccc1. The van der Waals surface area contributed by atoms with E-state index in [2.05, 4.69) is 5.32 Å². The molecule has 2 aromatic rings. The van der Waals surface area contributed by atoms with Crippen LogP contribution in [-0.4, -0.2) is 61.9 Å². The molecule has 3 atom stereocenters. The van der Waals surface area contributed by atoms with Crippen LogP contribution in [0.1, 0.15) is 17.5 Å². The van der Waals surface area contributed by atoms with E-state index in [-0.39, 0.29) is 13.2 Å². The number of rotatable bonds is 9. The number of ether oxygens (including phenoxy) is 3. The van der Waals surface area contributed by atoms with Crippen LogP contribution in [0.2, 0.25) is 0 Å². The Morgan fingerprint density at radius 1 is 1.03 bits per heavy atom. The number of nitrogens with one attached hydrogen (secondary N) is 1. The van der Waals surface area contributed by atoms with Crippen LogP contribution in [0.25, 0.3) is 0 Å². The average molecular weight is 480 g/mol. The van der Waals surface area contributed by atoms with Gasteiger partial charge in [0, 0.05) is 12.6 Å². The highest BCUT2D eigenvalue weighted by Gasteiger charge is 2.56. The summed E-state index contributed by atoms with van der Waals surface area (Å²) in [5, 5.41) is 3.03. The molecule has 1 saturated heterocycles. The van der Waals surface area contributed by atoms with E-state index in [0.717, 1.165) is 17.6 Å². The second kappa shape index (κ2) is 11.3. The van der Waals surface area contributed by atoms with Gasteiger partial charge in [-0.05, 0) is 29.7 Å². The molecule has 1 aliphatic rings. The Hall–Kier alpha value is -3.11. The Balaban J connectivity index is 1.73. The average Bonchev–Trinajstić information content (AvgIpc) is 3.20. The Morgan fingerprint density at radius 2 is 1.71 bits per heavy atom. The van der Waals surface area contributed by atoms with Gasteiger partial charge in [-0.1, -0.05) is 42.5 Å². The molecule has 0 spiro atoms. The smallest absolute Gasteiger partial charge is 0.404 e. The van der Waals surface area contributed by atoms with Crippen LogP contribution in [0.3, 0.4) is 0 Å². The highest BCUT2D eigenvalue weighted by atomic mass is 19.4. The summed E-state index contributed by atoms with van der Waals surface area (Å²) >= 11 is 0. The maximum Gasteiger partial charge on any atom is 0.404 e. The van der Waals surface area contributed by atoms with E-state index in [0.29, 0.717) is 11.3 Å². The van der Waals surface area contributed by atoms with Crippen molar-refractivity contribution in [3.63, 3.8) is 0 Å². The van der Waals surface area contributed by atoms with Gasteiger partial charge in [0.05, 0.1) is 20.8 Å². The molecule has 2 aromatic carbocycles. The van der Waals surface area contributed by atoms with E-state index >= 15 is 0 Å². The molecule has 7 nitrogen and oxygen atoms in total. The zero-order valence-corrected chi connectivity index (χ0v) is 18.9. The molecule has 1 aliphatic heterocycles. The zero-order valence-electron chi connectivity index (χ0n) is 18.9. The van der Waals surface area contributed by atoms with Crippen LogP contribution in [0.15, 0.2) is 54.6 Å². The normalized spacial score (nSPS) is 20.7. The predicted octanol–water partition coefficient (Wildman–Crippen LogP) is 3.08. The van der Waals surface area contributed by atoms with Crippen molar-refractivity contribution in [3.05, 3.63) is 65.7 Å². The molecule has 0 aliphatic carbocycles. The fraction of sp³-hybridized carbons (Fsp3) is 0.417. The number of hydrogen-bond acceptors (Lipinski definition) is 7. The minimum Gasteiger partial charge on any atom is -0.497 e. The molecular formula is C24H27F3N2O5. The van der Waals surface area contributed by atoms with Gasteiger partial charge in [-0.15, -0.1) is 0 Å². The van der Waals surface area contributed by atoms with Gasteiger partial charge in [-0.2, -0.15) is 13.2 Å². The Labute approximate surface area is 195 Å². The van der Waals surface area contributed by atoms with E-state index in [1.807, 2.05) is 0 Å². The highest BCUT2D eigenvalue weighted by molar-refractivity contribution is 5.79. The first kappa shape index (κ1) is 25.5. The number of methoxy groups -OCH3 is 2. The van der Waals surface area contributed by atoms with Crippen molar-refractivity contribution in [1.29, 1.82) is 0 Å². The molecule has 0 aromatic heterocycles. The molecule has 0 radical (unpaired) electrons. The van der Waals surface area contributed by atoms with Crippen LogP contribution in [0, 0.1) is 0 Å². The number of carbonyl (C=O) groups is 2. The van der Waals surface area contributed by atoms with Crippen LogP contribution < -0.4 is 10.1 Å². The van der Waals surface area contributed by atoms with Crippen molar-refractivity contribution in [2.45, 2.75) is 43.9 Å². The summed E-state index contributed by atoms with van der Waals surface area (Å²) in [6.07, 6.45) is -5.06. The minimum absolute atomic E-state index is 0.0771. The number of nitrogens with zero attached hydrogens (tertiary/aromatic N) is 1. The van der Waals surface area contributed by atoms with E-state index in [1.54, 1.807) is 54.6 Å². The maximum atomic E-state index is 13.9. The Morgan fingerprint density at radius 3 is 2.29 bits per heavy atom. The maximum absolute atomic E-state index is 13.9. The summed E-state index contributed by atoms with van der Waals surface area (Å²) in [6.45, 7) is -0.553. The molecule has 0 bridgehead atoms. The lowest BCUT2D eigenvalue weighted by Gasteiger charge is -2.29. The van der Waals surface area contributed by atoms with Crippen LogP contribution >= 0.6 is 0 Å². The van der Waals surface area contributed by atoms with Crippen LogP contribution in [0.5, 0.6) is 5.75 Å². The van der Waals surface area contributed by atoms with E-state index in [1.165, 1.54) is 7.11 Å². The third kappa shape index (κ3) is 6.48. The fourth-order valence-electron chi connectivity index (χ4n) is 4.00. The molecule has 0 saturated carbocycles. The number of carbonyl (C=O) groups excluding carboxylic acids is 2. The van der Waals surface area contributed by atoms with Crippen LogP contribution in [0.4, 0.5) is 13.2 Å². The van der Waals surface area contributed by atoms with Gasteiger partial charge in [-0.25, -0.2) is 0 Å². The first-order chi connectivity index (χ1) is 16.2. The topological polar surface area (TPSA) is 77.1 Å². The molecule has 184 valence electrons. The third-order valence-electron chi connectivity index (χ3n) is 5.72. The summed E-state index contributed by atoms with van der Waals surface area (Å²) in [7, 11) is 2.64. The summed E-state index contributed by atoms with van der Waals surface area (Å²) in [4.78, 5) is 25.8. The minimum atomic E-state index is -4.65. The number of esters is 2. The lowest BCUT2D eigenvalue weighted by atomic mass is 10.1. The van der Waals surface area contributed by atoms with E-state index < -0.39 is 49.2 Å². The Kier molecular flexibility index (Phi) is 8.51. The lowest BCUT2D eigenvalue weighted by Crippen LogP contribution is -2.53. The van der Waals surface area contributed by atoms with Crippen molar-refractivity contribution >= 4 is 11.9 Å². The summed E-state index contributed by atoms with van der Waals surface area (Å²) < 4.78 is 56.7. The first-order valence-electron chi connectivity index (χ1n) is 10.7. The molecule has 1 unspecified atom stereocenters. The van der Waals surface area contributed by atoms with Crippen molar-refractivity contribution in [3.8, 4) is 5.75 Å². The second-order valence-corrected chi connectivity index (χ2v) is 7.92. The number of halogens is 3. The molecule has 3 rings (SSSR count). The number of alkyl halides is 3. The van der Waals surface area contributed by atoms with Crippen molar-refractivity contribution < 1.29 is 37.0 Å². The highest BCUT2D eigenvalue weighted by Crippen LogP contribution is 2.36. The van der Waals surface area contributed by atoms with Gasteiger partial charge in [0.2, 0.25) is 0 Å². The Bertz CT molecular complexity index is 953. The molecule has 1 N–H and O–H groups in total. The number of benzene rings is 2. The summed E-state index contributed by atoms with van der Waals surface area (Å²) in [5.74, 6) is -1.06. The van der Waals surface area contributed by atoms with Crippen molar-refractivity contribution in [2.24, 2.45) is 0 Å². The predicted molar refractivity (Wildman–Crippen MR) is 117 cm³/mol. The number of likely N-dealkylation sites (tertiary alicyclic amines) is 1. The molecule has 10 heteroatoms. The monoisotopic (exact) mass is 480 g/mol. The molecule has 1 heterocycles. The first-order valence-corrected chi connectivity index (χ1v) is 10.7. The second-order valence-electron chi connectivity index (χ2n) is 7.92. The number of hydrogen-bond donors (Lipinski definition) is 1. The molecule has 1 fully saturated rings. The summed E-state index contributed by atoms with van der Waals surface area (Å²) in [6, 6.07) is 11.6. The molecular weight excluding hydrogens is 453 g/mol. The van der Waals surface area contributed by atoms with Crippen molar-refractivity contribution in [1.82, 2.24) is 10.2 Å². The van der Waals surface area contributed by atoms with Gasteiger partial charge >= 0.3 is 18.1 Å². The van der Waals surface area contributed by atoms with E-state index in [4.69, 9.17) is 14.2 Å². The van der Waals surface area contributed by atoms with Gasteiger partial charge in [-0.3, -0.25) is 14.5 Å². The van der Waals surface area contributed by atoms with Gasteiger partial charge in [0.15, 0.2) is 0 Å². The summed E-state index contributed by atoms with van der Waals surface area (Å²) in [5.41, 5.74) is 1.50. The standard InChI is InChI=1S/C24H27F3N2O5/c1-32-18-10-8-16(9-11-18)13-28-19-12-20(24(25,26)27)29(22(19)23(31)33-2)14-21(30)34-15-17-6-4-3-5-7-17/h3-11,19-20,22,28H,12-15H2,1-2H3/t19-,20?,22+/m0/s1. The third-order valence-corrected chi connectivity index (χ3v) is 5.72. The quantitative estimate of drug-likeness (QED) is 0.553. The van der Waals surface area contributed by atoms with Crippen LogP contribution in [-0.2, 0) is 32.2 Å². The molecule has 34 heavy (non-hydrogen) atoms. The van der Waals surface area contributed by atoms with Crippen molar-refractivity contribution in [2.75, 3.05) is 20.8 Å². The van der Waals surface area contributed by atoms with Gasteiger partial charge < -0.3 is 19.5 Å². The van der Waals surface area contributed by atoms with E-state index in [9.17, 15) is 22.8 Å². The van der Waals surface area contributed by atoms with Gasteiger partial charge in [0.1, 0.15) is 24.4 Å². The molecule has 0 amide bonds. The van der Waals surface area contributed by atoms with Gasteiger partial charge in [0.25, 0.3) is 0 Å². The zero-order chi connectivity index (χ0) is 24.7. The lowest BCUT2D eigenvalue weighted by molar-refractivity contribution is -0.185.